The van der Waals surface area contributed by atoms with Gasteiger partial charge >= 0.3 is 0 Å². The molecule has 0 aromatic heterocycles. The van der Waals surface area contributed by atoms with Crippen LogP contribution in [0.4, 0.5) is 0 Å². The number of aliphatic imine (C=N–C) groups is 1. The molecule has 6 nitrogen and oxygen atoms in total. The highest BCUT2D eigenvalue weighted by Gasteiger charge is 2.29. The smallest absolute Gasteiger partial charge is 0.217 e. The molecule has 3 N–H and O–H groups in total. The number of nitrogens with two attached hydrogens (primary N) is 1. The van der Waals surface area contributed by atoms with Crippen molar-refractivity contribution in [3.8, 4) is 0 Å². The van der Waals surface area contributed by atoms with Gasteiger partial charge in [0.1, 0.15) is 0 Å². The van der Waals surface area contributed by atoms with E-state index < -0.39 is 0 Å². The number of halogens is 1. The van der Waals surface area contributed by atoms with Crippen LogP contribution in [-0.4, -0.2) is 50.1 Å². The highest BCUT2D eigenvalue weighted by atomic mass is 127. The summed E-state index contributed by atoms with van der Waals surface area (Å²) < 4.78 is 6.10. The fourth-order valence-electron chi connectivity index (χ4n) is 4.33. The molecule has 2 heterocycles. The van der Waals surface area contributed by atoms with Crippen molar-refractivity contribution in [1.29, 1.82) is 0 Å². The summed E-state index contributed by atoms with van der Waals surface area (Å²) in [4.78, 5) is 18.0. The van der Waals surface area contributed by atoms with E-state index in [9.17, 15) is 4.79 Å². The van der Waals surface area contributed by atoms with Crippen LogP contribution in [0.25, 0.3) is 0 Å². The molecule has 0 saturated carbocycles. The zero-order chi connectivity index (χ0) is 19.1. The number of amides is 1. The number of primary amides is 1. The van der Waals surface area contributed by atoms with E-state index in [1.807, 2.05) is 13.1 Å². The SMILES string of the molecule is CN=C(NCC1CCCOC1c1ccccc1)N1CCCC(CC(N)=O)C1.I. The van der Waals surface area contributed by atoms with Crippen LogP contribution in [0.2, 0.25) is 0 Å². The Morgan fingerprint density at radius 3 is 2.79 bits per heavy atom. The minimum absolute atomic E-state index is 0. The predicted octanol–water partition coefficient (Wildman–Crippen LogP) is 2.94. The van der Waals surface area contributed by atoms with Crippen LogP contribution in [-0.2, 0) is 9.53 Å². The molecule has 7 heteroatoms. The Hall–Kier alpha value is -1.35. The van der Waals surface area contributed by atoms with Crippen LogP contribution in [0.3, 0.4) is 0 Å². The Morgan fingerprint density at radius 2 is 2.07 bits per heavy atom. The zero-order valence-corrected chi connectivity index (χ0v) is 19.0. The molecule has 3 atom stereocenters. The normalized spacial score (nSPS) is 25.7. The molecule has 3 unspecified atom stereocenters. The second-order valence-corrected chi connectivity index (χ2v) is 7.66. The van der Waals surface area contributed by atoms with Gasteiger partial charge in [-0.1, -0.05) is 30.3 Å². The number of hydrogen-bond acceptors (Lipinski definition) is 3. The number of benzene rings is 1. The van der Waals surface area contributed by atoms with Crippen LogP contribution in [0.15, 0.2) is 35.3 Å². The van der Waals surface area contributed by atoms with Crippen molar-refractivity contribution in [3.05, 3.63) is 35.9 Å². The monoisotopic (exact) mass is 500 g/mol. The Balaban J connectivity index is 0.00000280. The van der Waals surface area contributed by atoms with Crippen molar-refractivity contribution >= 4 is 35.8 Å². The fraction of sp³-hybridized carbons (Fsp3) is 0.619. The molecule has 3 rings (SSSR count). The van der Waals surface area contributed by atoms with Gasteiger partial charge in [0.05, 0.1) is 6.10 Å². The molecule has 1 aromatic rings. The molecule has 0 aliphatic carbocycles. The van der Waals surface area contributed by atoms with Crippen molar-refractivity contribution in [2.45, 2.75) is 38.2 Å². The van der Waals surface area contributed by atoms with Crippen molar-refractivity contribution < 1.29 is 9.53 Å². The lowest BCUT2D eigenvalue weighted by Crippen LogP contribution is -2.48. The number of guanidine groups is 1. The Kier molecular flexibility index (Phi) is 9.50. The molecule has 1 amide bonds. The Morgan fingerprint density at radius 1 is 1.29 bits per heavy atom. The van der Waals surface area contributed by atoms with Crippen LogP contribution in [0.1, 0.15) is 43.8 Å². The lowest BCUT2D eigenvalue weighted by atomic mass is 9.89. The zero-order valence-electron chi connectivity index (χ0n) is 16.7. The van der Waals surface area contributed by atoms with E-state index in [1.165, 1.54) is 5.56 Å². The first-order valence-electron chi connectivity index (χ1n) is 10.1. The van der Waals surface area contributed by atoms with Crippen LogP contribution >= 0.6 is 24.0 Å². The molecule has 1 aromatic carbocycles. The topological polar surface area (TPSA) is 80.0 Å². The third-order valence-electron chi connectivity index (χ3n) is 5.62. The molecular formula is C21H33IN4O2. The average molecular weight is 500 g/mol. The van der Waals surface area contributed by atoms with Gasteiger partial charge in [0.25, 0.3) is 0 Å². The van der Waals surface area contributed by atoms with Gasteiger partial charge in [-0.2, -0.15) is 0 Å². The summed E-state index contributed by atoms with van der Waals surface area (Å²) in [6, 6.07) is 10.5. The molecule has 0 bridgehead atoms. The van der Waals surface area contributed by atoms with Crippen molar-refractivity contribution in [2.75, 3.05) is 33.3 Å². The quantitative estimate of drug-likeness (QED) is 0.370. The van der Waals surface area contributed by atoms with E-state index in [-0.39, 0.29) is 36.0 Å². The Bertz CT molecular complexity index is 641. The molecule has 0 spiro atoms. The number of likely N-dealkylation sites (tertiary alicyclic amines) is 1. The average Bonchev–Trinajstić information content (AvgIpc) is 2.69. The maximum Gasteiger partial charge on any atom is 0.217 e. The van der Waals surface area contributed by atoms with Gasteiger partial charge in [-0.3, -0.25) is 9.79 Å². The number of rotatable bonds is 5. The lowest BCUT2D eigenvalue weighted by molar-refractivity contribution is -0.119. The second-order valence-electron chi connectivity index (χ2n) is 7.66. The summed E-state index contributed by atoms with van der Waals surface area (Å²) in [6.45, 7) is 3.47. The van der Waals surface area contributed by atoms with E-state index in [2.05, 4.69) is 39.5 Å². The first-order valence-corrected chi connectivity index (χ1v) is 10.1. The number of nitrogens with zero attached hydrogens (tertiary/aromatic N) is 2. The summed E-state index contributed by atoms with van der Waals surface area (Å²) in [5.41, 5.74) is 6.64. The van der Waals surface area contributed by atoms with Gasteiger partial charge in [-0.15, -0.1) is 24.0 Å². The van der Waals surface area contributed by atoms with E-state index in [0.29, 0.717) is 18.3 Å². The summed E-state index contributed by atoms with van der Waals surface area (Å²) in [5.74, 6) is 1.45. The third kappa shape index (κ3) is 6.34. The van der Waals surface area contributed by atoms with Gasteiger partial charge in [0.15, 0.2) is 5.96 Å². The highest BCUT2D eigenvalue weighted by molar-refractivity contribution is 14.0. The largest absolute Gasteiger partial charge is 0.373 e. The highest BCUT2D eigenvalue weighted by Crippen LogP contribution is 2.33. The predicted molar refractivity (Wildman–Crippen MR) is 123 cm³/mol. The second kappa shape index (κ2) is 11.6. The number of hydrogen-bond donors (Lipinski definition) is 2. The molecule has 2 aliphatic rings. The number of carbonyl (C=O) groups excluding carboxylic acids is 1. The van der Waals surface area contributed by atoms with Gasteiger partial charge < -0.3 is 20.7 Å². The molecule has 2 fully saturated rings. The maximum absolute atomic E-state index is 11.3. The summed E-state index contributed by atoms with van der Waals surface area (Å²) >= 11 is 0. The van der Waals surface area contributed by atoms with Crippen LogP contribution in [0.5, 0.6) is 0 Å². The number of nitrogens with one attached hydrogen (secondary N) is 1. The van der Waals surface area contributed by atoms with E-state index in [4.69, 9.17) is 10.5 Å². The van der Waals surface area contributed by atoms with E-state index in [1.54, 1.807) is 0 Å². The van der Waals surface area contributed by atoms with Crippen LogP contribution in [0, 0.1) is 11.8 Å². The summed E-state index contributed by atoms with van der Waals surface area (Å²) in [7, 11) is 1.83. The maximum atomic E-state index is 11.3. The van der Waals surface area contributed by atoms with Gasteiger partial charge in [0, 0.05) is 45.6 Å². The van der Waals surface area contributed by atoms with Gasteiger partial charge in [0.2, 0.25) is 5.91 Å². The first-order chi connectivity index (χ1) is 13.2. The van der Waals surface area contributed by atoms with Crippen molar-refractivity contribution in [2.24, 2.45) is 22.6 Å². The molecule has 156 valence electrons. The minimum atomic E-state index is -0.213. The summed E-state index contributed by atoms with van der Waals surface area (Å²) in [6.07, 6.45) is 4.96. The molecule has 2 saturated heterocycles. The van der Waals surface area contributed by atoms with Gasteiger partial charge in [-0.05, 0) is 37.2 Å². The lowest BCUT2D eigenvalue weighted by Gasteiger charge is -2.37. The number of ether oxygens (including phenoxy) is 1. The van der Waals surface area contributed by atoms with Crippen LogP contribution < -0.4 is 11.1 Å². The number of carbonyl (C=O) groups is 1. The first kappa shape index (κ1) is 22.9. The third-order valence-corrected chi connectivity index (χ3v) is 5.62. The molecule has 2 aliphatic heterocycles. The van der Waals surface area contributed by atoms with Gasteiger partial charge in [-0.25, -0.2) is 0 Å². The van der Waals surface area contributed by atoms with E-state index >= 15 is 0 Å². The van der Waals surface area contributed by atoms with E-state index in [0.717, 1.165) is 57.9 Å². The fourth-order valence-corrected chi connectivity index (χ4v) is 4.33. The van der Waals surface area contributed by atoms with Crippen molar-refractivity contribution in [3.63, 3.8) is 0 Å². The number of piperidine rings is 1. The molecule has 28 heavy (non-hydrogen) atoms. The van der Waals surface area contributed by atoms with Crippen molar-refractivity contribution in [1.82, 2.24) is 10.2 Å². The summed E-state index contributed by atoms with van der Waals surface area (Å²) in [5, 5.41) is 3.56. The standard InChI is InChI=1S/C21H32N4O2.HI/c1-23-21(25-11-5-7-16(15-25)13-19(22)26)24-14-18-10-6-12-27-20(18)17-8-3-2-4-9-17;/h2-4,8-9,16,18,20H,5-7,10-15H2,1H3,(H2,22,26)(H,23,24);1H. The molecular weight excluding hydrogens is 467 g/mol. The minimum Gasteiger partial charge on any atom is -0.373 e. The Labute approximate surface area is 185 Å². The molecule has 0 radical (unpaired) electrons.